The Kier molecular flexibility index (Phi) is 4.21. The SMILES string of the molecule is Cn1cc(CON2C(=O)c3ccccc3C2=O)c2c(Cl)nc(S(C)(=O)=O)nc21. The molecule has 2 amide bonds. The number of hydrogen-bond donors (Lipinski definition) is 0. The van der Waals surface area contributed by atoms with Gasteiger partial charge in [0.15, 0.2) is 0 Å². The number of nitrogens with zero attached hydrogens (tertiary/aromatic N) is 4. The number of rotatable bonds is 4. The van der Waals surface area contributed by atoms with Gasteiger partial charge in [0.05, 0.1) is 16.5 Å². The van der Waals surface area contributed by atoms with Crippen LogP contribution < -0.4 is 0 Å². The third-order valence-electron chi connectivity index (χ3n) is 4.27. The fourth-order valence-corrected chi connectivity index (χ4v) is 3.83. The molecular weight excluding hydrogens is 408 g/mol. The number of aromatic nitrogens is 3. The van der Waals surface area contributed by atoms with E-state index in [4.69, 9.17) is 16.4 Å². The summed E-state index contributed by atoms with van der Waals surface area (Å²) in [6.45, 7) is -0.163. The van der Waals surface area contributed by atoms with Crippen molar-refractivity contribution in [3.8, 4) is 0 Å². The Morgan fingerprint density at radius 2 is 1.71 bits per heavy atom. The molecule has 144 valence electrons. The first-order chi connectivity index (χ1) is 13.2. The molecule has 1 aliphatic rings. The van der Waals surface area contributed by atoms with Crippen LogP contribution in [0.3, 0.4) is 0 Å². The van der Waals surface area contributed by atoms with Gasteiger partial charge in [-0.25, -0.2) is 13.4 Å². The van der Waals surface area contributed by atoms with Gasteiger partial charge >= 0.3 is 0 Å². The van der Waals surface area contributed by atoms with Crippen molar-refractivity contribution in [1.29, 1.82) is 0 Å². The number of carbonyl (C=O) groups is 2. The molecule has 2 aromatic heterocycles. The van der Waals surface area contributed by atoms with E-state index in [9.17, 15) is 18.0 Å². The second-order valence-corrected chi connectivity index (χ2v) is 8.52. The number of hydroxylamine groups is 2. The minimum atomic E-state index is -3.64. The summed E-state index contributed by atoms with van der Waals surface area (Å²) in [6, 6.07) is 6.42. The average molecular weight is 421 g/mol. The van der Waals surface area contributed by atoms with Crippen molar-refractivity contribution in [1.82, 2.24) is 19.6 Å². The third-order valence-corrected chi connectivity index (χ3v) is 5.39. The van der Waals surface area contributed by atoms with Crippen LogP contribution in [-0.4, -0.2) is 46.1 Å². The molecule has 4 rings (SSSR count). The van der Waals surface area contributed by atoms with Crippen molar-refractivity contribution in [2.45, 2.75) is 11.8 Å². The lowest BCUT2D eigenvalue weighted by molar-refractivity contribution is -0.100. The number of hydrogen-bond acceptors (Lipinski definition) is 7. The lowest BCUT2D eigenvalue weighted by atomic mass is 10.1. The molecule has 28 heavy (non-hydrogen) atoms. The van der Waals surface area contributed by atoms with E-state index < -0.39 is 21.7 Å². The van der Waals surface area contributed by atoms with Crippen LogP contribution >= 0.6 is 11.6 Å². The van der Waals surface area contributed by atoms with Crippen molar-refractivity contribution >= 4 is 44.3 Å². The van der Waals surface area contributed by atoms with E-state index in [0.29, 0.717) is 21.7 Å². The van der Waals surface area contributed by atoms with Gasteiger partial charge in [0.2, 0.25) is 15.0 Å². The molecule has 9 nitrogen and oxygen atoms in total. The van der Waals surface area contributed by atoms with Crippen molar-refractivity contribution in [3.05, 3.63) is 52.3 Å². The number of fused-ring (bicyclic) bond motifs is 2. The van der Waals surface area contributed by atoms with Crippen LogP contribution in [0.15, 0.2) is 35.6 Å². The van der Waals surface area contributed by atoms with Gasteiger partial charge in [-0.1, -0.05) is 23.7 Å². The zero-order valence-corrected chi connectivity index (χ0v) is 16.3. The highest BCUT2D eigenvalue weighted by atomic mass is 35.5. The van der Waals surface area contributed by atoms with Crippen LogP contribution in [0, 0.1) is 0 Å². The van der Waals surface area contributed by atoms with Gasteiger partial charge in [-0.3, -0.25) is 14.4 Å². The van der Waals surface area contributed by atoms with Gasteiger partial charge in [0.25, 0.3) is 11.8 Å². The summed E-state index contributed by atoms with van der Waals surface area (Å²) in [6.07, 6.45) is 2.61. The zero-order chi connectivity index (χ0) is 20.2. The molecule has 1 aromatic carbocycles. The first-order valence-electron chi connectivity index (χ1n) is 8.00. The molecule has 1 aliphatic heterocycles. The predicted octanol–water partition coefficient (Wildman–Crippen LogP) is 1.75. The second kappa shape index (κ2) is 6.36. The molecule has 0 N–H and O–H groups in total. The summed E-state index contributed by atoms with van der Waals surface area (Å²) in [5, 5.41) is 0.627. The summed E-state index contributed by atoms with van der Waals surface area (Å²) in [4.78, 5) is 38.1. The van der Waals surface area contributed by atoms with Gasteiger partial charge < -0.3 is 4.57 Å². The lowest BCUT2D eigenvalue weighted by Gasteiger charge is -2.13. The summed E-state index contributed by atoms with van der Waals surface area (Å²) >= 11 is 6.18. The molecule has 0 radical (unpaired) electrons. The van der Waals surface area contributed by atoms with E-state index in [1.165, 1.54) is 0 Å². The lowest BCUT2D eigenvalue weighted by Crippen LogP contribution is -2.29. The van der Waals surface area contributed by atoms with E-state index in [0.717, 1.165) is 6.26 Å². The van der Waals surface area contributed by atoms with Crippen LogP contribution in [0.4, 0.5) is 0 Å². The highest BCUT2D eigenvalue weighted by molar-refractivity contribution is 7.90. The number of halogens is 1. The Morgan fingerprint density at radius 3 is 2.29 bits per heavy atom. The Labute approximate surface area is 164 Å². The van der Waals surface area contributed by atoms with Gasteiger partial charge in [-0.2, -0.15) is 4.98 Å². The van der Waals surface area contributed by atoms with Crippen LogP contribution in [0.1, 0.15) is 26.3 Å². The Hall–Kier alpha value is -2.82. The van der Waals surface area contributed by atoms with E-state index in [2.05, 4.69) is 9.97 Å². The molecule has 11 heteroatoms. The highest BCUT2D eigenvalue weighted by Gasteiger charge is 2.36. The van der Waals surface area contributed by atoms with E-state index in [-0.39, 0.29) is 28.0 Å². The maximum absolute atomic E-state index is 12.4. The topological polar surface area (TPSA) is 111 Å². The fourth-order valence-electron chi connectivity index (χ4n) is 2.99. The molecule has 3 heterocycles. The minimum absolute atomic E-state index is 0.0630. The van der Waals surface area contributed by atoms with Crippen molar-refractivity contribution in [2.75, 3.05) is 6.26 Å². The first-order valence-corrected chi connectivity index (χ1v) is 10.3. The number of sulfone groups is 1. The van der Waals surface area contributed by atoms with E-state index >= 15 is 0 Å². The number of imide groups is 1. The molecule has 0 spiro atoms. The van der Waals surface area contributed by atoms with E-state index in [1.807, 2.05) is 0 Å². The molecule has 0 saturated carbocycles. The molecule has 3 aromatic rings. The maximum Gasteiger partial charge on any atom is 0.285 e. The summed E-state index contributed by atoms with van der Waals surface area (Å²) < 4.78 is 25.0. The molecule has 0 aliphatic carbocycles. The molecule has 0 atom stereocenters. The minimum Gasteiger partial charge on any atom is -0.335 e. The van der Waals surface area contributed by atoms with Gasteiger partial charge in [-0.05, 0) is 12.1 Å². The Morgan fingerprint density at radius 1 is 1.11 bits per heavy atom. The van der Waals surface area contributed by atoms with Gasteiger partial charge in [0.1, 0.15) is 17.4 Å². The monoisotopic (exact) mass is 420 g/mol. The van der Waals surface area contributed by atoms with Crippen molar-refractivity contribution in [2.24, 2.45) is 7.05 Å². The Bertz CT molecular complexity index is 1230. The molecular formula is C17H13ClN4O5S. The average Bonchev–Trinajstić information content (AvgIpc) is 3.08. The highest BCUT2D eigenvalue weighted by Crippen LogP contribution is 2.29. The summed E-state index contributed by atoms with van der Waals surface area (Å²) in [5.74, 6) is -1.11. The van der Waals surface area contributed by atoms with Gasteiger partial charge in [-0.15, -0.1) is 5.06 Å². The molecule has 0 unspecified atom stereocenters. The number of aryl methyl sites for hydroxylation is 1. The number of benzene rings is 1. The molecule has 0 bridgehead atoms. The molecule has 0 fully saturated rings. The third kappa shape index (κ3) is 2.86. The smallest absolute Gasteiger partial charge is 0.285 e. The van der Waals surface area contributed by atoms with Gasteiger partial charge in [0, 0.05) is 25.1 Å². The van der Waals surface area contributed by atoms with Crippen LogP contribution in [0.2, 0.25) is 5.15 Å². The van der Waals surface area contributed by atoms with Crippen LogP contribution in [0.25, 0.3) is 11.0 Å². The van der Waals surface area contributed by atoms with Crippen LogP contribution in [0.5, 0.6) is 0 Å². The predicted molar refractivity (Wildman–Crippen MR) is 98.4 cm³/mol. The van der Waals surface area contributed by atoms with Crippen molar-refractivity contribution in [3.63, 3.8) is 0 Å². The zero-order valence-electron chi connectivity index (χ0n) is 14.7. The second-order valence-electron chi connectivity index (χ2n) is 6.26. The standard InChI is InChI=1S/C17H13ClN4O5S/c1-21-7-9(12-13(18)19-17(20-14(12)21)28(2,25)26)8-27-22-15(23)10-5-3-4-6-11(10)16(22)24/h3-7H,8H2,1-2H3. The van der Waals surface area contributed by atoms with Crippen LogP contribution in [-0.2, 0) is 28.3 Å². The summed E-state index contributed by atoms with van der Waals surface area (Å²) in [5.41, 5.74) is 1.33. The quantitative estimate of drug-likeness (QED) is 0.359. The fraction of sp³-hybridized carbons (Fsp3) is 0.176. The maximum atomic E-state index is 12.4. The first kappa shape index (κ1) is 18.5. The molecule has 0 saturated heterocycles. The van der Waals surface area contributed by atoms with E-state index in [1.54, 1.807) is 42.1 Å². The van der Waals surface area contributed by atoms with Crippen molar-refractivity contribution < 1.29 is 22.8 Å². The summed E-state index contributed by atoms with van der Waals surface area (Å²) in [7, 11) is -1.99. The number of carbonyl (C=O) groups excluding carboxylic acids is 2. The Balaban J connectivity index is 1.67. The largest absolute Gasteiger partial charge is 0.335 e. The normalized spacial score (nSPS) is 14.2. The number of amides is 2.